The fraction of sp³-hybridized carbons (Fsp3) is 0.273. The number of halogens is 2. The highest BCUT2D eigenvalue weighted by Gasteiger charge is 2.18. The Bertz CT molecular complexity index is 604. The van der Waals surface area contributed by atoms with Crippen molar-refractivity contribution < 1.29 is 18.2 Å². The SMILES string of the molecule is O=[N+]([O-])c1cc(CNCCc2ncon2)c(F)cc1F. The third kappa shape index (κ3) is 3.32. The van der Waals surface area contributed by atoms with Crippen molar-refractivity contribution >= 4 is 5.69 Å². The summed E-state index contributed by atoms with van der Waals surface area (Å²) in [6.07, 6.45) is 1.65. The summed E-state index contributed by atoms with van der Waals surface area (Å²) < 4.78 is 31.1. The van der Waals surface area contributed by atoms with Crippen LogP contribution in [0, 0.1) is 21.7 Å². The van der Waals surface area contributed by atoms with E-state index in [9.17, 15) is 18.9 Å². The summed E-state index contributed by atoms with van der Waals surface area (Å²) in [5.74, 6) is -1.54. The number of nitro groups is 1. The molecule has 1 aromatic heterocycles. The average molecular weight is 284 g/mol. The van der Waals surface area contributed by atoms with Gasteiger partial charge in [-0.2, -0.15) is 9.37 Å². The molecule has 2 aromatic rings. The number of nitrogens with zero attached hydrogens (tertiary/aromatic N) is 3. The number of hydrogen-bond acceptors (Lipinski definition) is 6. The molecule has 2 rings (SSSR count). The fourth-order valence-corrected chi connectivity index (χ4v) is 1.58. The number of nitro benzene ring substituents is 1. The third-order valence-corrected chi connectivity index (χ3v) is 2.56. The van der Waals surface area contributed by atoms with Crippen LogP contribution in [0.5, 0.6) is 0 Å². The van der Waals surface area contributed by atoms with Gasteiger partial charge in [0.05, 0.1) is 4.92 Å². The normalized spacial score (nSPS) is 10.7. The monoisotopic (exact) mass is 284 g/mol. The van der Waals surface area contributed by atoms with Crippen molar-refractivity contribution in [2.24, 2.45) is 0 Å². The van der Waals surface area contributed by atoms with Gasteiger partial charge in [0, 0.05) is 37.2 Å². The Hall–Kier alpha value is -2.42. The van der Waals surface area contributed by atoms with Crippen molar-refractivity contribution in [3.05, 3.63) is 51.7 Å². The Kier molecular flexibility index (Phi) is 4.31. The molecular formula is C11H10F2N4O3. The molecule has 20 heavy (non-hydrogen) atoms. The van der Waals surface area contributed by atoms with E-state index in [1.54, 1.807) is 0 Å². The zero-order chi connectivity index (χ0) is 14.5. The van der Waals surface area contributed by atoms with Gasteiger partial charge in [0.15, 0.2) is 5.82 Å². The maximum atomic E-state index is 13.5. The van der Waals surface area contributed by atoms with Gasteiger partial charge in [0.25, 0.3) is 0 Å². The summed E-state index contributed by atoms with van der Waals surface area (Å²) >= 11 is 0. The van der Waals surface area contributed by atoms with Gasteiger partial charge in [0.1, 0.15) is 5.82 Å². The van der Waals surface area contributed by atoms with Crippen LogP contribution >= 0.6 is 0 Å². The van der Waals surface area contributed by atoms with Crippen molar-refractivity contribution in [3.63, 3.8) is 0 Å². The lowest BCUT2D eigenvalue weighted by atomic mass is 10.1. The van der Waals surface area contributed by atoms with Crippen LogP contribution in [0.25, 0.3) is 0 Å². The molecule has 0 fully saturated rings. The topological polar surface area (TPSA) is 94.1 Å². The van der Waals surface area contributed by atoms with Gasteiger partial charge in [-0.3, -0.25) is 10.1 Å². The molecular weight excluding hydrogens is 274 g/mol. The summed E-state index contributed by atoms with van der Waals surface area (Å²) in [5.41, 5.74) is -0.729. The zero-order valence-electron chi connectivity index (χ0n) is 10.2. The second kappa shape index (κ2) is 6.15. The molecule has 0 radical (unpaired) electrons. The van der Waals surface area contributed by atoms with Crippen molar-refractivity contribution in [2.45, 2.75) is 13.0 Å². The van der Waals surface area contributed by atoms with Crippen molar-refractivity contribution in [1.29, 1.82) is 0 Å². The predicted molar refractivity (Wildman–Crippen MR) is 62.7 cm³/mol. The minimum atomic E-state index is -1.19. The Balaban J connectivity index is 1.95. The molecule has 0 saturated heterocycles. The van der Waals surface area contributed by atoms with Crippen molar-refractivity contribution in [1.82, 2.24) is 15.5 Å². The molecule has 0 aliphatic rings. The maximum Gasteiger partial charge on any atom is 0.305 e. The molecule has 7 nitrogen and oxygen atoms in total. The van der Waals surface area contributed by atoms with Gasteiger partial charge in [-0.15, -0.1) is 0 Å². The molecule has 1 heterocycles. The van der Waals surface area contributed by atoms with Gasteiger partial charge in [0.2, 0.25) is 12.2 Å². The molecule has 0 atom stereocenters. The first-order chi connectivity index (χ1) is 9.58. The maximum absolute atomic E-state index is 13.5. The van der Waals surface area contributed by atoms with E-state index in [1.165, 1.54) is 6.39 Å². The van der Waals surface area contributed by atoms with Crippen LogP contribution in [0.15, 0.2) is 23.0 Å². The lowest BCUT2D eigenvalue weighted by Crippen LogP contribution is -2.18. The number of aromatic nitrogens is 2. The second-order valence-corrected chi connectivity index (χ2v) is 3.93. The van der Waals surface area contributed by atoms with E-state index in [-0.39, 0.29) is 12.1 Å². The zero-order valence-corrected chi connectivity index (χ0v) is 10.2. The molecule has 0 bridgehead atoms. The summed E-state index contributed by atoms with van der Waals surface area (Å²) in [7, 11) is 0. The van der Waals surface area contributed by atoms with Crippen molar-refractivity contribution in [3.8, 4) is 0 Å². The highest BCUT2D eigenvalue weighted by molar-refractivity contribution is 5.37. The first-order valence-corrected chi connectivity index (χ1v) is 5.66. The van der Waals surface area contributed by atoms with E-state index in [2.05, 4.69) is 20.0 Å². The number of hydrogen-bond donors (Lipinski definition) is 1. The van der Waals surface area contributed by atoms with Crippen LogP contribution in [0.4, 0.5) is 14.5 Å². The van der Waals surface area contributed by atoms with E-state index < -0.39 is 22.2 Å². The molecule has 1 N–H and O–H groups in total. The predicted octanol–water partition coefficient (Wildman–Crippen LogP) is 1.59. The lowest BCUT2D eigenvalue weighted by molar-refractivity contribution is -0.387. The highest BCUT2D eigenvalue weighted by Crippen LogP contribution is 2.21. The average Bonchev–Trinajstić information content (AvgIpc) is 2.89. The smallest absolute Gasteiger partial charge is 0.305 e. The third-order valence-electron chi connectivity index (χ3n) is 2.56. The molecule has 0 aliphatic carbocycles. The second-order valence-electron chi connectivity index (χ2n) is 3.93. The molecule has 9 heteroatoms. The van der Waals surface area contributed by atoms with E-state index in [0.717, 1.165) is 6.07 Å². The van der Waals surface area contributed by atoms with Crippen LogP contribution in [-0.2, 0) is 13.0 Å². The minimum Gasteiger partial charge on any atom is -0.343 e. The first kappa shape index (κ1) is 14.0. The molecule has 1 aromatic carbocycles. The quantitative estimate of drug-likeness (QED) is 0.492. The molecule has 0 aliphatic heterocycles. The van der Waals surface area contributed by atoms with Crippen LogP contribution in [0.2, 0.25) is 0 Å². The first-order valence-electron chi connectivity index (χ1n) is 5.66. The summed E-state index contributed by atoms with van der Waals surface area (Å²) in [6, 6.07) is 1.39. The summed E-state index contributed by atoms with van der Waals surface area (Å²) in [5, 5.41) is 17.0. The van der Waals surface area contributed by atoms with Gasteiger partial charge >= 0.3 is 5.69 Å². The summed E-state index contributed by atoms with van der Waals surface area (Å²) in [4.78, 5) is 13.5. The van der Waals surface area contributed by atoms with Gasteiger partial charge < -0.3 is 9.84 Å². The van der Waals surface area contributed by atoms with Crippen LogP contribution in [-0.4, -0.2) is 21.6 Å². The Labute approximate surface area is 111 Å². The molecule has 0 unspecified atom stereocenters. The fourth-order valence-electron chi connectivity index (χ4n) is 1.58. The van der Waals surface area contributed by atoms with Gasteiger partial charge in [-0.1, -0.05) is 5.16 Å². The van der Waals surface area contributed by atoms with Crippen LogP contribution < -0.4 is 5.32 Å². The van der Waals surface area contributed by atoms with E-state index in [1.807, 2.05) is 0 Å². The number of rotatable bonds is 6. The van der Waals surface area contributed by atoms with Gasteiger partial charge in [-0.05, 0) is 0 Å². The summed E-state index contributed by atoms with van der Waals surface area (Å²) in [6.45, 7) is 0.453. The molecule has 0 spiro atoms. The number of nitrogens with one attached hydrogen (secondary N) is 1. The van der Waals surface area contributed by atoms with Crippen molar-refractivity contribution in [2.75, 3.05) is 6.54 Å². The van der Waals surface area contributed by atoms with E-state index in [0.29, 0.717) is 24.9 Å². The van der Waals surface area contributed by atoms with Gasteiger partial charge in [-0.25, -0.2) is 4.39 Å². The van der Waals surface area contributed by atoms with E-state index in [4.69, 9.17) is 0 Å². The molecule has 0 saturated carbocycles. The lowest BCUT2D eigenvalue weighted by Gasteiger charge is -2.05. The van der Waals surface area contributed by atoms with E-state index >= 15 is 0 Å². The Morgan fingerprint density at radius 1 is 1.35 bits per heavy atom. The highest BCUT2D eigenvalue weighted by atomic mass is 19.1. The molecule has 106 valence electrons. The minimum absolute atomic E-state index is 0.0196. The Morgan fingerprint density at radius 2 is 2.15 bits per heavy atom. The Morgan fingerprint density at radius 3 is 2.80 bits per heavy atom. The van der Waals surface area contributed by atoms with Crippen LogP contribution in [0.1, 0.15) is 11.4 Å². The standard InChI is InChI=1S/C11H10F2N4O3/c12-8-4-9(13)10(17(18)19)3-7(8)5-14-2-1-11-15-6-20-16-11/h3-4,6,14H,1-2,5H2. The molecule has 0 amide bonds. The number of benzene rings is 1. The van der Waals surface area contributed by atoms with Crippen LogP contribution in [0.3, 0.4) is 0 Å². The largest absolute Gasteiger partial charge is 0.343 e.